The average Bonchev–Trinajstić information content (AvgIpc) is 2.27. The maximum absolute atomic E-state index is 5.77. The van der Waals surface area contributed by atoms with Gasteiger partial charge in [-0.15, -0.1) is 0 Å². The minimum atomic E-state index is -1.53. The summed E-state index contributed by atoms with van der Waals surface area (Å²) in [6, 6.07) is 7.82. The van der Waals surface area contributed by atoms with Crippen LogP contribution in [0.25, 0.3) is 0 Å². The average molecular weight is 266 g/mol. The second-order valence-corrected chi connectivity index (χ2v) is 9.53. The van der Waals surface area contributed by atoms with Crippen LogP contribution in [0.15, 0.2) is 36.3 Å². The van der Waals surface area contributed by atoms with Crippen molar-refractivity contribution in [1.29, 1.82) is 0 Å². The van der Waals surface area contributed by atoms with Crippen molar-refractivity contribution >= 4 is 8.32 Å². The molecule has 100 valence electrons. The van der Waals surface area contributed by atoms with Crippen molar-refractivity contribution in [3.05, 3.63) is 41.9 Å². The summed E-state index contributed by atoms with van der Waals surface area (Å²) in [6.07, 6.45) is 1.68. The lowest BCUT2D eigenvalue weighted by atomic mass is 10.2. The highest BCUT2D eigenvalue weighted by Crippen LogP contribution is 2.13. The molecular weight excluding hydrogens is 244 g/mol. The number of benzene rings is 1. The fourth-order valence-electron chi connectivity index (χ4n) is 1.48. The third-order valence-electron chi connectivity index (χ3n) is 2.13. The van der Waals surface area contributed by atoms with Crippen molar-refractivity contribution in [3.8, 4) is 5.75 Å². The Kier molecular flexibility index (Phi) is 5.28. The van der Waals surface area contributed by atoms with E-state index in [-0.39, 0.29) is 0 Å². The highest BCUT2D eigenvalue weighted by atomic mass is 28.4. The van der Waals surface area contributed by atoms with Gasteiger partial charge in [0.05, 0.1) is 7.11 Å². The van der Waals surface area contributed by atoms with Gasteiger partial charge in [0.2, 0.25) is 8.32 Å². The van der Waals surface area contributed by atoms with Gasteiger partial charge < -0.3 is 13.9 Å². The molecule has 0 saturated carbocycles. The monoisotopic (exact) mass is 266 g/mol. The topological polar surface area (TPSA) is 27.7 Å². The minimum Gasteiger partial charge on any atom is -0.545 e. The Labute approximate surface area is 111 Å². The van der Waals surface area contributed by atoms with Crippen LogP contribution in [0.2, 0.25) is 19.6 Å². The van der Waals surface area contributed by atoms with Crippen molar-refractivity contribution in [3.63, 3.8) is 0 Å². The number of ether oxygens (including phenoxy) is 2. The van der Waals surface area contributed by atoms with E-state index in [2.05, 4.69) is 19.6 Å². The summed E-state index contributed by atoms with van der Waals surface area (Å²) in [5, 5.41) is 0. The van der Waals surface area contributed by atoms with Crippen LogP contribution >= 0.6 is 0 Å². The molecule has 0 N–H and O–H groups in total. The zero-order valence-corrected chi connectivity index (χ0v) is 12.8. The molecule has 0 aliphatic carbocycles. The van der Waals surface area contributed by atoms with Crippen molar-refractivity contribution in [1.82, 2.24) is 0 Å². The Morgan fingerprint density at radius 3 is 2.28 bits per heavy atom. The lowest BCUT2D eigenvalue weighted by Gasteiger charge is -2.19. The minimum absolute atomic E-state index is 0.538. The number of methoxy groups -OCH3 is 1. The van der Waals surface area contributed by atoms with Crippen LogP contribution in [0, 0.1) is 0 Å². The highest BCUT2D eigenvalue weighted by molar-refractivity contribution is 6.70. The number of hydrogen-bond acceptors (Lipinski definition) is 3. The van der Waals surface area contributed by atoms with Gasteiger partial charge in [0.1, 0.15) is 24.4 Å². The summed E-state index contributed by atoms with van der Waals surface area (Å²) in [6.45, 7) is 8.90. The fourth-order valence-corrected chi connectivity index (χ4v) is 2.50. The zero-order valence-electron chi connectivity index (χ0n) is 11.8. The molecule has 0 radical (unpaired) electrons. The molecule has 0 heterocycles. The molecule has 1 aromatic carbocycles. The SMILES string of the molecule is COc1ccc(CO/C=C(/C)O[Si](C)(C)C)cc1. The van der Waals surface area contributed by atoms with Gasteiger partial charge in [-0.2, -0.15) is 0 Å². The third kappa shape index (κ3) is 5.77. The molecule has 0 aliphatic heterocycles. The molecule has 0 amide bonds. The standard InChI is InChI=1S/C14H22O3Si/c1-12(17-18(3,4)5)10-16-11-13-6-8-14(15-2)9-7-13/h6-10H,11H2,1-5H3/b12-10-. The van der Waals surface area contributed by atoms with E-state index in [4.69, 9.17) is 13.9 Å². The largest absolute Gasteiger partial charge is 0.545 e. The fraction of sp³-hybridized carbons (Fsp3) is 0.429. The van der Waals surface area contributed by atoms with Gasteiger partial charge in [-0.3, -0.25) is 0 Å². The van der Waals surface area contributed by atoms with Crippen LogP contribution in [0.1, 0.15) is 12.5 Å². The molecule has 0 fully saturated rings. The first-order valence-corrected chi connectivity index (χ1v) is 9.42. The molecule has 0 bridgehead atoms. The molecular formula is C14H22O3Si. The van der Waals surface area contributed by atoms with Gasteiger partial charge in [-0.1, -0.05) is 12.1 Å². The maximum Gasteiger partial charge on any atom is 0.241 e. The Balaban J connectivity index is 2.42. The van der Waals surface area contributed by atoms with Crippen molar-refractivity contribution in [2.75, 3.05) is 7.11 Å². The van der Waals surface area contributed by atoms with Crippen LogP contribution < -0.4 is 4.74 Å². The van der Waals surface area contributed by atoms with E-state index in [0.29, 0.717) is 6.61 Å². The third-order valence-corrected chi connectivity index (χ3v) is 3.06. The molecule has 0 saturated heterocycles. The first-order chi connectivity index (χ1) is 8.40. The van der Waals surface area contributed by atoms with Crippen molar-refractivity contribution in [2.24, 2.45) is 0 Å². The maximum atomic E-state index is 5.77. The normalized spacial score (nSPS) is 12.2. The predicted octanol–water partition coefficient (Wildman–Crippen LogP) is 3.92. The summed E-state index contributed by atoms with van der Waals surface area (Å²) in [5.41, 5.74) is 1.10. The number of allylic oxidation sites excluding steroid dienone is 1. The Hall–Kier alpha value is -1.42. The quantitative estimate of drug-likeness (QED) is 0.577. The van der Waals surface area contributed by atoms with E-state index in [0.717, 1.165) is 17.1 Å². The van der Waals surface area contributed by atoms with Crippen LogP contribution in [-0.4, -0.2) is 15.4 Å². The van der Waals surface area contributed by atoms with Gasteiger partial charge in [-0.25, -0.2) is 0 Å². The summed E-state index contributed by atoms with van der Waals surface area (Å²) >= 11 is 0. The summed E-state index contributed by atoms with van der Waals surface area (Å²) in [5.74, 6) is 1.69. The van der Waals surface area contributed by atoms with Crippen LogP contribution in [0.3, 0.4) is 0 Å². The first-order valence-electron chi connectivity index (χ1n) is 6.01. The second kappa shape index (κ2) is 6.49. The highest BCUT2D eigenvalue weighted by Gasteiger charge is 2.15. The molecule has 0 atom stereocenters. The molecule has 18 heavy (non-hydrogen) atoms. The Bertz CT molecular complexity index is 390. The summed E-state index contributed by atoms with van der Waals surface area (Å²) in [7, 11) is 0.131. The molecule has 0 unspecified atom stereocenters. The van der Waals surface area contributed by atoms with Gasteiger partial charge in [0.25, 0.3) is 0 Å². The lowest BCUT2D eigenvalue weighted by molar-refractivity contribution is 0.219. The molecule has 3 nitrogen and oxygen atoms in total. The molecule has 0 aromatic heterocycles. The van der Waals surface area contributed by atoms with E-state index in [1.54, 1.807) is 13.4 Å². The predicted molar refractivity (Wildman–Crippen MR) is 76.0 cm³/mol. The van der Waals surface area contributed by atoms with Crippen LogP contribution in [0.4, 0.5) is 0 Å². The summed E-state index contributed by atoms with van der Waals surface area (Å²) in [4.78, 5) is 0. The lowest BCUT2D eigenvalue weighted by Crippen LogP contribution is -2.24. The smallest absolute Gasteiger partial charge is 0.241 e. The molecule has 0 aliphatic rings. The molecule has 1 rings (SSSR count). The van der Waals surface area contributed by atoms with E-state index < -0.39 is 8.32 Å². The van der Waals surface area contributed by atoms with Gasteiger partial charge in [0, 0.05) is 0 Å². The number of rotatable bonds is 6. The summed E-state index contributed by atoms with van der Waals surface area (Å²) < 4.78 is 16.4. The second-order valence-electron chi connectivity index (χ2n) is 5.10. The molecule has 0 spiro atoms. The molecule has 1 aromatic rings. The molecule has 4 heteroatoms. The van der Waals surface area contributed by atoms with E-state index >= 15 is 0 Å². The van der Waals surface area contributed by atoms with Gasteiger partial charge in [0.15, 0.2) is 0 Å². The van der Waals surface area contributed by atoms with Crippen molar-refractivity contribution < 1.29 is 13.9 Å². The first kappa shape index (κ1) is 14.6. The van der Waals surface area contributed by atoms with Crippen LogP contribution in [0.5, 0.6) is 5.75 Å². The Morgan fingerprint density at radius 1 is 1.17 bits per heavy atom. The van der Waals surface area contributed by atoms with Gasteiger partial charge in [-0.05, 0) is 44.3 Å². The van der Waals surface area contributed by atoms with Gasteiger partial charge >= 0.3 is 0 Å². The van der Waals surface area contributed by atoms with Crippen molar-refractivity contribution in [2.45, 2.75) is 33.2 Å². The Morgan fingerprint density at radius 2 is 1.78 bits per heavy atom. The van der Waals surface area contributed by atoms with Crippen LogP contribution in [-0.2, 0) is 15.8 Å². The van der Waals surface area contributed by atoms with E-state index in [9.17, 15) is 0 Å². The zero-order chi connectivity index (χ0) is 13.6. The van der Waals surface area contributed by atoms with E-state index in [1.165, 1.54) is 0 Å². The number of hydrogen-bond donors (Lipinski definition) is 0. The van der Waals surface area contributed by atoms with E-state index in [1.807, 2.05) is 31.2 Å².